The van der Waals surface area contributed by atoms with Crippen LogP contribution >= 0.6 is 23.5 Å². The van der Waals surface area contributed by atoms with Gasteiger partial charge in [-0.2, -0.15) is 23.5 Å². The van der Waals surface area contributed by atoms with Crippen molar-refractivity contribution in [3.05, 3.63) is 0 Å². The number of nitrogens with zero attached hydrogens (tertiary/aromatic N) is 1. The predicted molar refractivity (Wildman–Crippen MR) is 97.5 cm³/mol. The maximum Gasteiger partial charge on any atom is 0.235 e. The molecule has 1 fully saturated rings. The second kappa shape index (κ2) is 9.71. The van der Waals surface area contributed by atoms with Crippen LogP contribution in [0.5, 0.6) is 0 Å². The van der Waals surface area contributed by atoms with Crippen molar-refractivity contribution in [1.29, 1.82) is 0 Å². The van der Waals surface area contributed by atoms with Gasteiger partial charge in [0, 0.05) is 19.6 Å². The van der Waals surface area contributed by atoms with E-state index in [0.717, 1.165) is 32.2 Å². The van der Waals surface area contributed by atoms with Crippen LogP contribution in [0.3, 0.4) is 0 Å². The van der Waals surface area contributed by atoms with Gasteiger partial charge >= 0.3 is 0 Å². The van der Waals surface area contributed by atoms with Gasteiger partial charge in [-0.05, 0) is 58.0 Å². The van der Waals surface area contributed by atoms with E-state index < -0.39 is 0 Å². The van der Waals surface area contributed by atoms with Crippen molar-refractivity contribution in [2.45, 2.75) is 56.1 Å². The molecule has 22 heavy (non-hydrogen) atoms. The number of carbonyl (C=O) groups is 2. The SMILES string of the molecule is CS[C@@H](C)C(=O)NC1CCC(CN(C)C(=O)[C@H](C)SC)CC1. The molecule has 2 atom stereocenters. The third-order valence-corrected chi connectivity index (χ3v) is 6.36. The fraction of sp³-hybridized carbons (Fsp3) is 0.875. The second-order valence-electron chi connectivity index (χ2n) is 6.20. The Kier molecular flexibility index (Phi) is 8.69. The Morgan fingerprint density at radius 3 is 2.14 bits per heavy atom. The van der Waals surface area contributed by atoms with Gasteiger partial charge in [0.25, 0.3) is 0 Å². The summed E-state index contributed by atoms with van der Waals surface area (Å²) in [6, 6.07) is 0.310. The topological polar surface area (TPSA) is 49.4 Å². The van der Waals surface area contributed by atoms with Crippen LogP contribution in [0.25, 0.3) is 0 Å². The summed E-state index contributed by atoms with van der Waals surface area (Å²) in [5.41, 5.74) is 0. The Morgan fingerprint density at radius 1 is 1.09 bits per heavy atom. The highest BCUT2D eigenvalue weighted by Gasteiger charge is 2.26. The van der Waals surface area contributed by atoms with Crippen LogP contribution in [0, 0.1) is 5.92 Å². The molecule has 1 rings (SSSR count). The number of hydrogen-bond donors (Lipinski definition) is 1. The number of carbonyl (C=O) groups excluding carboxylic acids is 2. The number of rotatable bonds is 7. The molecule has 4 nitrogen and oxygen atoms in total. The van der Waals surface area contributed by atoms with Crippen molar-refractivity contribution in [3.8, 4) is 0 Å². The van der Waals surface area contributed by atoms with Crippen LogP contribution in [-0.2, 0) is 9.59 Å². The Morgan fingerprint density at radius 2 is 1.64 bits per heavy atom. The molecule has 0 spiro atoms. The molecule has 1 saturated carbocycles. The third-order valence-electron chi connectivity index (χ3n) is 4.53. The van der Waals surface area contributed by atoms with Crippen LogP contribution in [-0.4, -0.2) is 59.4 Å². The van der Waals surface area contributed by atoms with Crippen molar-refractivity contribution < 1.29 is 9.59 Å². The molecule has 1 aliphatic rings. The zero-order chi connectivity index (χ0) is 16.7. The van der Waals surface area contributed by atoms with Gasteiger partial charge in [-0.1, -0.05) is 0 Å². The molecule has 0 aliphatic heterocycles. The minimum Gasteiger partial charge on any atom is -0.352 e. The molecular weight excluding hydrogens is 316 g/mol. The molecule has 128 valence electrons. The zero-order valence-corrected chi connectivity index (χ0v) is 16.1. The minimum atomic E-state index is 0.0227. The Balaban J connectivity index is 2.33. The molecular formula is C16H30N2O2S2. The molecule has 0 aromatic carbocycles. The van der Waals surface area contributed by atoms with E-state index in [2.05, 4.69) is 5.32 Å². The standard InChI is InChI=1S/C16H30N2O2S2/c1-11(21-4)15(19)17-14-8-6-13(7-9-14)10-18(3)16(20)12(2)22-5/h11-14H,6-10H2,1-5H3,(H,17,19)/t11-,12-,13?,14?/m0/s1. The molecule has 6 heteroatoms. The van der Waals surface area contributed by atoms with Crippen LogP contribution in [0.15, 0.2) is 0 Å². The summed E-state index contributed by atoms with van der Waals surface area (Å²) in [5, 5.41) is 3.21. The Bertz CT molecular complexity index is 371. The van der Waals surface area contributed by atoms with Crippen LogP contribution < -0.4 is 5.32 Å². The highest BCUT2D eigenvalue weighted by Crippen LogP contribution is 2.25. The fourth-order valence-corrected chi connectivity index (χ4v) is 3.47. The minimum absolute atomic E-state index is 0.0227. The van der Waals surface area contributed by atoms with Gasteiger partial charge in [0.2, 0.25) is 11.8 Å². The largest absolute Gasteiger partial charge is 0.352 e. The second-order valence-corrected chi connectivity index (χ2v) is 8.56. The van der Waals surface area contributed by atoms with Gasteiger partial charge in [0.05, 0.1) is 10.5 Å². The van der Waals surface area contributed by atoms with Gasteiger partial charge < -0.3 is 10.2 Å². The molecule has 0 aromatic rings. The zero-order valence-electron chi connectivity index (χ0n) is 14.4. The summed E-state index contributed by atoms with van der Waals surface area (Å²) in [5.74, 6) is 0.933. The first-order valence-corrected chi connectivity index (χ1v) is 10.6. The van der Waals surface area contributed by atoms with Crippen molar-refractivity contribution in [2.75, 3.05) is 26.1 Å². The van der Waals surface area contributed by atoms with Crippen molar-refractivity contribution in [3.63, 3.8) is 0 Å². The number of nitrogens with one attached hydrogen (secondary N) is 1. The lowest BCUT2D eigenvalue weighted by Crippen LogP contribution is -2.43. The van der Waals surface area contributed by atoms with E-state index in [1.54, 1.807) is 23.5 Å². The quantitative estimate of drug-likeness (QED) is 0.770. The van der Waals surface area contributed by atoms with Gasteiger partial charge in [-0.15, -0.1) is 0 Å². The maximum atomic E-state index is 12.1. The van der Waals surface area contributed by atoms with Crippen LogP contribution in [0.2, 0.25) is 0 Å². The van der Waals surface area contributed by atoms with E-state index in [9.17, 15) is 9.59 Å². The van der Waals surface area contributed by atoms with E-state index in [-0.39, 0.29) is 22.3 Å². The summed E-state index contributed by atoms with van der Waals surface area (Å²) in [4.78, 5) is 25.9. The molecule has 1 N–H and O–H groups in total. The Labute approximate surface area is 143 Å². The summed E-state index contributed by atoms with van der Waals surface area (Å²) in [6.07, 6.45) is 8.16. The van der Waals surface area contributed by atoms with E-state index in [0.29, 0.717) is 12.0 Å². The van der Waals surface area contributed by atoms with E-state index >= 15 is 0 Å². The molecule has 0 radical (unpaired) electrons. The van der Waals surface area contributed by atoms with Gasteiger partial charge in [0.1, 0.15) is 0 Å². The van der Waals surface area contributed by atoms with Crippen molar-refractivity contribution in [1.82, 2.24) is 10.2 Å². The number of amides is 2. The molecule has 2 amide bonds. The fourth-order valence-electron chi connectivity index (χ4n) is 2.80. The van der Waals surface area contributed by atoms with Gasteiger partial charge in [-0.25, -0.2) is 0 Å². The average Bonchev–Trinajstić information content (AvgIpc) is 2.54. The van der Waals surface area contributed by atoms with Crippen LogP contribution in [0.1, 0.15) is 39.5 Å². The first-order chi connectivity index (χ1) is 10.4. The van der Waals surface area contributed by atoms with Gasteiger partial charge in [0.15, 0.2) is 0 Å². The molecule has 0 aromatic heterocycles. The summed E-state index contributed by atoms with van der Waals surface area (Å²) < 4.78 is 0. The van der Waals surface area contributed by atoms with E-state index in [1.807, 2.05) is 38.3 Å². The van der Waals surface area contributed by atoms with Gasteiger partial charge in [-0.3, -0.25) is 9.59 Å². The van der Waals surface area contributed by atoms with E-state index in [1.165, 1.54) is 0 Å². The molecule has 0 saturated heterocycles. The van der Waals surface area contributed by atoms with Crippen molar-refractivity contribution in [2.24, 2.45) is 5.92 Å². The van der Waals surface area contributed by atoms with Crippen molar-refractivity contribution >= 4 is 35.3 Å². The number of hydrogen-bond acceptors (Lipinski definition) is 4. The normalized spacial score (nSPS) is 24.4. The number of thioether (sulfide) groups is 2. The highest BCUT2D eigenvalue weighted by molar-refractivity contribution is 8.00. The summed E-state index contributed by atoms with van der Waals surface area (Å²) >= 11 is 3.17. The summed E-state index contributed by atoms with van der Waals surface area (Å²) in [7, 11) is 1.91. The lowest BCUT2D eigenvalue weighted by atomic mass is 9.85. The molecule has 1 aliphatic carbocycles. The Hall–Kier alpha value is -0.360. The first kappa shape index (κ1) is 19.7. The lowest BCUT2D eigenvalue weighted by molar-refractivity contribution is -0.129. The first-order valence-electron chi connectivity index (χ1n) is 8.00. The van der Waals surface area contributed by atoms with Crippen LogP contribution in [0.4, 0.5) is 0 Å². The molecule has 0 bridgehead atoms. The molecule has 0 unspecified atom stereocenters. The predicted octanol–water partition coefficient (Wildman–Crippen LogP) is 2.62. The third kappa shape index (κ3) is 6.03. The highest BCUT2D eigenvalue weighted by atomic mass is 32.2. The molecule has 0 heterocycles. The average molecular weight is 347 g/mol. The maximum absolute atomic E-state index is 12.1. The summed E-state index contributed by atoms with van der Waals surface area (Å²) in [6.45, 7) is 4.74. The lowest BCUT2D eigenvalue weighted by Gasteiger charge is -2.32. The van der Waals surface area contributed by atoms with E-state index in [4.69, 9.17) is 0 Å². The smallest absolute Gasteiger partial charge is 0.235 e. The monoisotopic (exact) mass is 346 g/mol.